The largest absolute Gasteiger partial charge is 0.450 e. The first kappa shape index (κ1) is 21.2. The normalized spacial score (nSPS) is 17.3. The van der Waals surface area contributed by atoms with Crippen molar-refractivity contribution >= 4 is 17.7 Å². The number of nitrogens with zero attached hydrogens (tertiary/aromatic N) is 1. The van der Waals surface area contributed by atoms with Crippen LogP contribution in [-0.4, -0.2) is 42.6 Å². The molecule has 1 aliphatic heterocycles. The van der Waals surface area contributed by atoms with Gasteiger partial charge >= 0.3 is 6.09 Å². The molecule has 0 saturated carbocycles. The number of nitrogens with two attached hydrogens (primary N) is 1. The van der Waals surface area contributed by atoms with Crippen LogP contribution in [-0.2, 0) is 9.53 Å². The van der Waals surface area contributed by atoms with Crippen molar-refractivity contribution in [2.45, 2.75) is 58.9 Å². The van der Waals surface area contributed by atoms with Gasteiger partial charge in [-0.15, -0.1) is 0 Å². The average Bonchev–Trinajstić information content (AvgIpc) is 2.57. The molecule has 0 bridgehead atoms. The number of ether oxygens (including phenoxy) is 1. The zero-order valence-electron chi connectivity index (χ0n) is 17.0. The van der Waals surface area contributed by atoms with E-state index in [0.717, 1.165) is 38.0 Å². The summed E-state index contributed by atoms with van der Waals surface area (Å²) in [6.07, 6.45) is 2.23. The summed E-state index contributed by atoms with van der Waals surface area (Å²) in [5.41, 5.74) is 7.33. The minimum atomic E-state index is -0.708. The van der Waals surface area contributed by atoms with Gasteiger partial charge in [-0.1, -0.05) is 32.9 Å². The van der Waals surface area contributed by atoms with Crippen molar-refractivity contribution in [3.8, 4) is 0 Å². The fourth-order valence-corrected chi connectivity index (χ4v) is 4.05. The number of benzene rings is 1. The van der Waals surface area contributed by atoms with Crippen molar-refractivity contribution in [1.29, 1.82) is 0 Å². The number of anilines is 1. The number of amides is 2. The summed E-state index contributed by atoms with van der Waals surface area (Å²) in [5.74, 6) is 0.450. The summed E-state index contributed by atoms with van der Waals surface area (Å²) in [5, 5.41) is 2.86. The van der Waals surface area contributed by atoms with Crippen LogP contribution in [0.2, 0.25) is 0 Å². The molecule has 6 heteroatoms. The summed E-state index contributed by atoms with van der Waals surface area (Å²) < 4.78 is 4.97. The number of carbonyl (C=O) groups is 2. The zero-order valence-corrected chi connectivity index (χ0v) is 17.0. The molecule has 1 aromatic carbocycles. The zero-order chi connectivity index (χ0) is 20.0. The molecule has 2 amide bonds. The highest BCUT2D eigenvalue weighted by Crippen LogP contribution is 2.34. The van der Waals surface area contributed by atoms with E-state index in [4.69, 9.17) is 10.5 Å². The predicted octanol–water partition coefficient (Wildman–Crippen LogP) is 3.72. The molecule has 2 rings (SSSR count). The fraction of sp³-hybridized carbons (Fsp3) is 0.619. The molecular formula is C21H33N3O3. The minimum Gasteiger partial charge on any atom is -0.450 e. The second-order valence-electron chi connectivity index (χ2n) is 8.45. The van der Waals surface area contributed by atoms with Crippen molar-refractivity contribution in [3.63, 3.8) is 0 Å². The number of hydrogen-bond donors (Lipinski definition) is 2. The highest BCUT2D eigenvalue weighted by Gasteiger charge is 2.33. The van der Waals surface area contributed by atoms with Gasteiger partial charge in [0, 0.05) is 18.7 Å². The predicted molar refractivity (Wildman–Crippen MR) is 108 cm³/mol. The van der Waals surface area contributed by atoms with E-state index in [1.807, 2.05) is 12.1 Å². The van der Waals surface area contributed by atoms with Gasteiger partial charge in [0.05, 0.1) is 6.61 Å². The molecule has 0 radical (unpaired) electrons. The molecule has 6 nitrogen and oxygen atoms in total. The topological polar surface area (TPSA) is 84.7 Å². The first-order valence-electron chi connectivity index (χ1n) is 9.70. The molecule has 1 unspecified atom stereocenters. The van der Waals surface area contributed by atoms with Gasteiger partial charge in [0.1, 0.15) is 0 Å². The molecule has 1 heterocycles. The highest BCUT2D eigenvalue weighted by atomic mass is 16.5. The van der Waals surface area contributed by atoms with Crippen molar-refractivity contribution in [2.24, 2.45) is 11.1 Å². The van der Waals surface area contributed by atoms with Crippen LogP contribution in [0.5, 0.6) is 0 Å². The lowest BCUT2D eigenvalue weighted by Gasteiger charge is -2.44. The Hall–Kier alpha value is -2.08. The van der Waals surface area contributed by atoms with Crippen LogP contribution in [0.25, 0.3) is 0 Å². The molecule has 1 saturated heterocycles. The van der Waals surface area contributed by atoms with Gasteiger partial charge < -0.3 is 15.8 Å². The van der Waals surface area contributed by atoms with Gasteiger partial charge in [-0.25, -0.2) is 4.79 Å². The van der Waals surface area contributed by atoms with Crippen molar-refractivity contribution < 1.29 is 14.3 Å². The van der Waals surface area contributed by atoms with Crippen LogP contribution >= 0.6 is 0 Å². The molecule has 1 fully saturated rings. The number of hydrogen-bond acceptors (Lipinski definition) is 4. The molecule has 1 atom stereocenters. The van der Waals surface area contributed by atoms with Crippen LogP contribution in [0.1, 0.15) is 58.4 Å². The number of rotatable bonds is 6. The second-order valence-corrected chi connectivity index (χ2v) is 8.45. The Labute approximate surface area is 162 Å². The van der Waals surface area contributed by atoms with Crippen LogP contribution in [0, 0.1) is 5.41 Å². The average molecular weight is 376 g/mol. The lowest BCUT2D eigenvalue weighted by molar-refractivity contribution is -0.114. The lowest BCUT2D eigenvalue weighted by Crippen LogP contribution is -2.48. The second kappa shape index (κ2) is 9.22. The Kier molecular flexibility index (Phi) is 7.25. The molecule has 0 aromatic heterocycles. The third kappa shape index (κ3) is 6.54. The van der Waals surface area contributed by atoms with E-state index in [1.54, 1.807) is 0 Å². The van der Waals surface area contributed by atoms with Crippen LogP contribution in [0.15, 0.2) is 24.3 Å². The van der Waals surface area contributed by atoms with Gasteiger partial charge in [0.2, 0.25) is 5.91 Å². The third-order valence-electron chi connectivity index (χ3n) is 5.28. The van der Waals surface area contributed by atoms with E-state index in [-0.39, 0.29) is 11.3 Å². The standard InChI is InChI=1S/C21H33N3O3/c1-15(25)23-18-7-5-6-17(14-18)16-8-11-24(12-9-16)19(21(2,3)4)10-13-27-20(22)26/h5-7,14,16,19H,8-13H2,1-4H3,(H2,22,26)(H,23,25). The first-order valence-corrected chi connectivity index (χ1v) is 9.70. The molecule has 1 aromatic rings. The Bertz CT molecular complexity index is 646. The maximum Gasteiger partial charge on any atom is 0.404 e. The van der Waals surface area contributed by atoms with E-state index in [1.165, 1.54) is 12.5 Å². The van der Waals surface area contributed by atoms with Crippen LogP contribution in [0.4, 0.5) is 10.5 Å². The number of likely N-dealkylation sites (tertiary alicyclic amines) is 1. The van der Waals surface area contributed by atoms with E-state index >= 15 is 0 Å². The lowest BCUT2D eigenvalue weighted by atomic mass is 9.81. The molecule has 150 valence electrons. The highest BCUT2D eigenvalue weighted by molar-refractivity contribution is 5.88. The number of carbonyl (C=O) groups excluding carboxylic acids is 2. The molecular weight excluding hydrogens is 342 g/mol. The monoisotopic (exact) mass is 375 g/mol. The Balaban J connectivity index is 1.97. The molecule has 3 N–H and O–H groups in total. The van der Waals surface area contributed by atoms with E-state index in [2.05, 4.69) is 43.1 Å². The van der Waals surface area contributed by atoms with Gasteiger partial charge in [-0.2, -0.15) is 0 Å². The molecule has 27 heavy (non-hydrogen) atoms. The van der Waals surface area contributed by atoms with Gasteiger partial charge in [0.15, 0.2) is 0 Å². The Morgan fingerprint density at radius 2 is 1.96 bits per heavy atom. The maximum atomic E-state index is 11.3. The smallest absolute Gasteiger partial charge is 0.404 e. The third-order valence-corrected chi connectivity index (χ3v) is 5.28. The van der Waals surface area contributed by atoms with Crippen molar-refractivity contribution in [2.75, 3.05) is 25.0 Å². The van der Waals surface area contributed by atoms with Crippen LogP contribution in [0.3, 0.4) is 0 Å². The van der Waals surface area contributed by atoms with E-state index in [0.29, 0.717) is 18.6 Å². The SMILES string of the molecule is CC(=O)Nc1cccc(C2CCN(C(CCOC(N)=O)C(C)(C)C)CC2)c1. The summed E-state index contributed by atoms with van der Waals surface area (Å²) >= 11 is 0. The van der Waals surface area contributed by atoms with E-state index in [9.17, 15) is 9.59 Å². The van der Waals surface area contributed by atoms with Gasteiger partial charge in [-0.3, -0.25) is 9.69 Å². The molecule has 0 aliphatic carbocycles. The summed E-state index contributed by atoms with van der Waals surface area (Å²) in [6, 6.07) is 8.50. The Morgan fingerprint density at radius 1 is 1.30 bits per heavy atom. The van der Waals surface area contributed by atoms with Gasteiger partial charge in [0.25, 0.3) is 0 Å². The number of nitrogens with one attached hydrogen (secondary N) is 1. The minimum absolute atomic E-state index is 0.0480. The molecule has 0 spiro atoms. The quantitative estimate of drug-likeness (QED) is 0.793. The van der Waals surface area contributed by atoms with Gasteiger partial charge in [-0.05, 0) is 61.4 Å². The first-order chi connectivity index (χ1) is 12.7. The summed E-state index contributed by atoms with van der Waals surface area (Å²) in [6.45, 7) is 10.6. The van der Waals surface area contributed by atoms with E-state index < -0.39 is 6.09 Å². The summed E-state index contributed by atoms with van der Waals surface area (Å²) in [4.78, 5) is 24.7. The summed E-state index contributed by atoms with van der Waals surface area (Å²) in [7, 11) is 0. The van der Waals surface area contributed by atoms with Crippen molar-refractivity contribution in [3.05, 3.63) is 29.8 Å². The molecule has 1 aliphatic rings. The maximum absolute atomic E-state index is 11.3. The number of primary amides is 1. The van der Waals surface area contributed by atoms with Crippen LogP contribution < -0.4 is 11.1 Å². The fourth-order valence-electron chi connectivity index (χ4n) is 4.05. The van der Waals surface area contributed by atoms with Crippen molar-refractivity contribution in [1.82, 2.24) is 4.90 Å². The Morgan fingerprint density at radius 3 is 2.52 bits per heavy atom. The number of piperidine rings is 1.